The molecule has 3 rings (SSSR count). The van der Waals surface area contributed by atoms with Crippen LogP contribution in [0.15, 0.2) is 18.3 Å². The van der Waals surface area contributed by atoms with Crippen LogP contribution in [0.25, 0.3) is 0 Å². The third-order valence-corrected chi connectivity index (χ3v) is 7.99. The number of rotatable bonds is 13. The Morgan fingerprint density at radius 3 is 2.55 bits per heavy atom. The van der Waals surface area contributed by atoms with Gasteiger partial charge in [-0.3, -0.25) is 14.4 Å². The van der Waals surface area contributed by atoms with Gasteiger partial charge in [0.25, 0.3) is 0 Å². The highest BCUT2D eigenvalue weighted by Gasteiger charge is 2.39. The number of ether oxygens (including phenoxy) is 2. The second-order valence-electron chi connectivity index (χ2n) is 12.8. The number of hydrogen-bond donors (Lipinski definition) is 4. The Bertz CT molecular complexity index is 1100. The molecule has 1 saturated heterocycles. The molecule has 12 nitrogen and oxygen atoms in total. The first-order chi connectivity index (χ1) is 19.8. The van der Waals surface area contributed by atoms with Crippen molar-refractivity contribution in [2.24, 2.45) is 10.8 Å². The van der Waals surface area contributed by atoms with Crippen molar-refractivity contribution in [3.05, 3.63) is 18.3 Å². The van der Waals surface area contributed by atoms with Crippen molar-refractivity contribution in [1.82, 2.24) is 20.5 Å². The van der Waals surface area contributed by atoms with Crippen molar-refractivity contribution in [3.8, 4) is 5.75 Å². The zero-order chi connectivity index (χ0) is 30.9. The van der Waals surface area contributed by atoms with Gasteiger partial charge in [0.15, 0.2) is 0 Å². The number of carboxylic acids is 1. The van der Waals surface area contributed by atoms with Crippen LogP contribution < -0.4 is 20.7 Å². The summed E-state index contributed by atoms with van der Waals surface area (Å²) in [5.74, 6) is -0.773. The van der Waals surface area contributed by atoms with Gasteiger partial charge in [0.2, 0.25) is 17.7 Å². The van der Waals surface area contributed by atoms with Gasteiger partial charge in [0.05, 0.1) is 19.3 Å². The average Bonchev–Trinajstić information content (AvgIpc) is 3.35. The maximum Gasteiger partial charge on any atom is 0.328 e. The molecule has 0 radical (unpaired) electrons. The number of carbonyl (C=O) groups is 4. The highest BCUT2D eigenvalue weighted by molar-refractivity contribution is 5.88. The van der Waals surface area contributed by atoms with E-state index in [1.165, 1.54) is 0 Å². The summed E-state index contributed by atoms with van der Waals surface area (Å²) in [6, 6.07) is 1.90. The summed E-state index contributed by atoms with van der Waals surface area (Å²) >= 11 is 0. The molecule has 3 unspecified atom stereocenters. The molecule has 1 saturated carbocycles. The minimum atomic E-state index is -1.25. The van der Waals surface area contributed by atoms with Crippen molar-refractivity contribution in [1.29, 1.82) is 0 Å². The molecular formula is C30H47N5O7. The summed E-state index contributed by atoms with van der Waals surface area (Å²) < 4.78 is 11.2. The van der Waals surface area contributed by atoms with Gasteiger partial charge in [-0.2, -0.15) is 0 Å². The van der Waals surface area contributed by atoms with Crippen LogP contribution in [0, 0.1) is 10.8 Å². The molecule has 0 aromatic carbocycles. The van der Waals surface area contributed by atoms with Gasteiger partial charge in [0.1, 0.15) is 24.2 Å². The highest BCUT2D eigenvalue weighted by Crippen LogP contribution is 2.36. The van der Waals surface area contributed by atoms with E-state index in [1.54, 1.807) is 30.3 Å². The zero-order valence-corrected chi connectivity index (χ0v) is 25.5. The van der Waals surface area contributed by atoms with Crippen molar-refractivity contribution in [2.75, 3.05) is 38.7 Å². The summed E-state index contributed by atoms with van der Waals surface area (Å²) in [7, 11) is 1.57. The number of methoxy groups -OCH3 is 1. The van der Waals surface area contributed by atoms with Gasteiger partial charge in [-0.1, -0.05) is 47.0 Å². The molecule has 42 heavy (non-hydrogen) atoms. The summed E-state index contributed by atoms with van der Waals surface area (Å²) in [6.45, 7) is 8.17. The lowest BCUT2D eigenvalue weighted by atomic mass is 9.75. The second kappa shape index (κ2) is 14.7. The first kappa shape index (κ1) is 33.1. The van der Waals surface area contributed by atoms with Crippen LogP contribution in [0.5, 0.6) is 5.75 Å². The van der Waals surface area contributed by atoms with Crippen molar-refractivity contribution >= 4 is 29.5 Å². The molecule has 1 aliphatic heterocycles. The number of nitrogens with zero attached hydrogens (tertiary/aromatic N) is 2. The monoisotopic (exact) mass is 589 g/mol. The third-order valence-electron chi connectivity index (χ3n) is 7.99. The topological polar surface area (TPSA) is 159 Å². The molecule has 3 amide bonds. The Kier molecular flexibility index (Phi) is 11.6. The van der Waals surface area contributed by atoms with Crippen molar-refractivity contribution in [2.45, 2.75) is 90.8 Å². The van der Waals surface area contributed by atoms with Crippen LogP contribution in [-0.4, -0.2) is 90.2 Å². The van der Waals surface area contributed by atoms with Crippen LogP contribution in [-0.2, 0) is 23.9 Å². The standard InChI is InChI=1S/C30H47N5O7/c1-29(2,3)16-26(37)35-14-10-23(22(35)18-32-24-15-20(41-5)9-13-31-24)42-19-25(36)33-17-21(27(38)39)34-28(40)30(4)11-7-6-8-12-30/h9,13,15,21-23H,6-8,10-12,14,16-19H2,1-5H3,(H,31,32)(H,33,36)(H,34,40)(H,38,39). The average molecular weight is 590 g/mol. The normalized spacial score (nSPS) is 20.8. The summed E-state index contributed by atoms with van der Waals surface area (Å²) in [4.78, 5) is 56.6. The van der Waals surface area contributed by atoms with Crippen LogP contribution in [0.1, 0.15) is 72.6 Å². The molecule has 234 valence electrons. The van der Waals surface area contributed by atoms with Crippen LogP contribution >= 0.6 is 0 Å². The maximum atomic E-state index is 13.2. The molecular weight excluding hydrogens is 542 g/mol. The number of carboxylic acid groups (broad SMARTS) is 1. The highest BCUT2D eigenvalue weighted by atomic mass is 16.5. The van der Waals surface area contributed by atoms with E-state index < -0.39 is 29.4 Å². The van der Waals surface area contributed by atoms with E-state index in [0.29, 0.717) is 50.3 Å². The van der Waals surface area contributed by atoms with Gasteiger partial charge < -0.3 is 35.4 Å². The number of likely N-dealkylation sites (tertiary alicyclic amines) is 1. The Morgan fingerprint density at radius 1 is 1.19 bits per heavy atom. The van der Waals surface area contributed by atoms with E-state index in [-0.39, 0.29) is 36.4 Å². The van der Waals surface area contributed by atoms with Gasteiger partial charge in [-0.15, -0.1) is 0 Å². The summed E-state index contributed by atoms with van der Waals surface area (Å²) in [5.41, 5.74) is -0.784. The lowest BCUT2D eigenvalue weighted by Gasteiger charge is -2.33. The lowest BCUT2D eigenvalue weighted by Crippen LogP contribution is -2.53. The smallest absolute Gasteiger partial charge is 0.328 e. The fourth-order valence-corrected chi connectivity index (χ4v) is 5.51. The van der Waals surface area contributed by atoms with E-state index in [4.69, 9.17) is 9.47 Å². The number of pyridine rings is 1. The van der Waals surface area contributed by atoms with Crippen molar-refractivity contribution in [3.63, 3.8) is 0 Å². The minimum Gasteiger partial charge on any atom is -0.497 e. The molecule has 0 bridgehead atoms. The summed E-state index contributed by atoms with van der Waals surface area (Å²) in [5, 5.41) is 18.1. The first-order valence-corrected chi connectivity index (χ1v) is 14.8. The van der Waals surface area contributed by atoms with E-state index >= 15 is 0 Å². The SMILES string of the molecule is COc1ccnc(NCC2C(OCC(=O)NCC(NC(=O)C3(C)CCCCC3)C(=O)O)CCN2C(=O)CC(C)(C)C)c1. The third kappa shape index (κ3) is 9.57. The number of hydrogen-bond acceptors (Lipinski definition) is 8. The van der Waals surface area contributed by atoms with Crippen LogP contribution in [0.2, 0.25) is 0 Å². The molecule has 2 heterocycles. The Morgan fingerprint density at radius 2 is 1.90 bits per heavy atom. The van der Waals surface area contributed by atoms with E-state index in [2.05, 4.69) is 20.9 Å². The molecule has 12 heteroatoms. The van der Waals surface area contributed by atoms with Gasteiger partial charge in [-0.05, 0) is 30.7 Å². The molecule has 1 aromatic heterocycles. The Balaban J connectivity index is 1.57. The number of aromatic nitrogens is 1. The molecule has 1 aliphatic carbocycles. The molecule has 0 spiro atoms. The number of anilines is 1. The fraction of sp³-hybridized carbons (Fsp3) is 0.700. The number of carbonyl (C=O) groups excluding carboxylic acids is 3. The molecule has 2 fully saturated rings. The Hall–Kier alpha value is -3.41. The number of aliphatic carboxylic acids is 1. The first-order valence-electron chi connectivity index (χ1n) is 14.8. The molecule has 2 aliphatic rings. The van der Waals surface area contributed by atoms with E-state index in [1.807, 2.05) is 27.7 Å². The predicted molar refractivity (Wildman–Crippen MR) is 157 cm³/mol. The largest absolute Gasteiger partial charge is 0.497 e. The van der Waals surface area contributed by atoms with E-state index in [9.17, 15) is 24.3 Å². The molecule has 4 N–H and O–H groups in total. The maximum absolute atomic E-state index is 13.2. The molecule has 3 atom stereocenters. The minimum absolute atomic E-state index is 0.00940. The van der Waals surface area contributed by atoms with Crippen LogP contribution in [0.4, 0.5) is 5.82 Å². The number of nitrogens with one attached hydrogen (secondary N) is 3. The molecule has 1 aromatic rings. The fourth-order valence-electron chi connectivity index (χ4n) is 5.51. The zero-order valence-electron chi connectivity index (χ0n) is 25.5. The predicted octanol–water partition coefficient (Wildman–Crippen LogP) is 2.58. The second-order valence-corrected chi connectivity index (χ2v) is 12.8. The van der Waals surface area contributed by atoms with Gasteiger partial charge >= 0.3 is 5.97 Å². The van der Waals surface area contributed by atoms with Crippen molar-refractivity contribution < 1.29 is 33.8 Å². The van der Waals surface area contributed by atoms with E-state index in [0.717, 1.165) is 19.3 Å². The quantitative estimate of drug-likeness (QED) is 0.271. The summed E-state index contributed by atoms with van der Waals surface area (Å²) in [6.07, 6.45) is 6.49. The number of amides is 3. The lowest BCUT2D eigenvalue weighted by molar-refractivity contribution is -0.144. The van der Waals surface area contributed by atoms with Gasteiger partial charge in [-0.25, -0.2) is 9.78 Å². The van der Waals surface area contributed by atoms with Gasteiger partial charge in [0, 0.05) is 43.7 Å². The Labute approximate surface area is 248 Å². The van der Waals surface area contributed by atoms with Crippen LogP contribution in [0.3, 0.4) is 0 Å².